The number of methoxy groups -OCH3 is 1. The van der Waals surface area contributed by atoms with Crippen LogP contribution in [0.2, 0.25) is 0 Å². The fourth-order valence-electron chi connectivity index (χ4n) is 3.03. The molecule has 1 saturated carbocycles. The van der Waals surface area contributed by atoms with E-state index in [1.54, 1.807) is 31.4 Å². The van der Waals surface area contributed by atoms with Gasteiger partial charge in [-0.3, -0.25) is 4.79 Å². The summed E-state index contributed by atoms with van der Waals surface area (Å²) in [7, 11) is 1.54. The van der Waals surface area contributed by atoms with Gasteiger partial charge in [0.1, 0.15) is 5.54 Å². The van der Waals surface area contributed by atoms with Crippen LogP contribution in [0.1, 0.15) is 45.1 Å². The van der Waals surface area contributed by atoms with E-state index in [1.807, 2.05) is 13.8 Å². The summed E-state index contributed by atoms with van der Waals surface area (Å²) in [4.78, 5) is 23.8. The van der Waals surface area contributed by atoms with E-state index in [4.69, 9.17) is 14.2 Å². The first kappa shape index (κ1) is 21.3. The van der Waals surface area contributed by atoms with Crippen molar-refractivity contribution in [2.75, 3.05) is 13.7 Å². The summed E-state index contributed by atoms with van der Waals surface area (Å²) in [5.74, 6) is 0.0605. The van der Waals surface area contributed by atoms with E-state index in [-0.39, 0.29) is 6.10 Å². The van der Waals surface area contributed by atoms with E-state index >= 15 is 0 Å². The van der Waals surface area contributed by atoms with Gasteiger partial charge in [0.2, 0.25) is 0 Å². The number of carbonyl (C=O) groups excluding carboxylic acids is 2. The number of esters is 1. The first-order valence-corrected chi connectivity index (χ1v) is 9.29. The van der Waals surface area contributed by atoms with Crippen molar-refractivity contribution in [3.63, 3.8) is 0 Å². The van der Waals surface area contributed by atoms with Gasteiger partial charge in [-0.25, -0.2) is 4.79 Å². The minimum atomic E-state index is -0.824. The van der Waals surface area contributed by atoms with E-state index in [2.05, 4.69) is 11.4 Å². The average molecular weight is 386 g/mol. The molecule has 1 N–H and O–H groups in total. The summed E-state index contributed by atoms with van der Waals surface area (Å²) in [6.07, 6.45) is 5.88. The van der Waals surface area contributed by atoms with Crippen LogP contribution in [0, 0.1) is 11.3 Å². The minimum Gasteiger partial charge on any atom is -0.493 e. The molecule has 0 unspecified atom stereocenters. The Kier molecular flexibility index (Phi) is 7.44. The number of rotatable bonds is 8. The smallest absolute Gasteiger partial charge is 0.331 e. The fourth-order valence-corrected chi connectivity index (χ4v) is 3.03. The van der Waals surface area contributed by atoms with Gasteiger partial charge in [-0.1, -0.05) is 6.07 Å². The van der Waals surface area contributed by atoms with Crippen molar-refractivity contribution in [2.45, 2.75) is 51.2 Å². The largest absolute Gasteiger partial charge is 0.493 e. The number of nitrogens with one attached hydrogen (secondary N) is 1. The Bertz CT molecular complexity index is 773. The number of amides is 1. The third-order valence-electron chi connectivity index (χ3n) is 4.36. The molecule has 1 fully saturated rings. The average Bonchev–Trinajstić information content (AvgIpc) is 3.14. The molecular formula is C21H26N2O5. The first-order valence-electron chi connectivity index (χ1n) is 9.29. The predicted octanol–water partition coefficient (Wildman–Crippen LogP) is 2.99. The SMILES string of the molecule is COc1cc(/C=C/C(=O)OCC(=O)NC2(C#N)CCCC2)ccc1OC(C)C. The molecule has 1 aliphatic carbocycles. The molecule has 7 nitrogen and oxygen atoms in total. The van der Waals surface area contributed by atoms with Crippen molar-refractivity contribution in [2.24, 2.45) is 0 Å². The zero-order chi connectivity index (χ0) is 20.6. The molecule has 0 aliphatic heterocycles. The van der Waals surface area contributed by atoms with Gasteiger partial charge in [0.05, 0.1) is 19.3 Å². The van der Waals surface area contributed by atoms with Crippen molar-refractivity contribution in [3.8, 4) is 17.6 Å². The Balaban J connectivity index is 1.88. The summed E-state index contributed by atoms with van der Waals surface area (Å²) in [5.41, 5.74) is -0.0980. The quantitative estimate of drug-likeness (QED) is 0.545. The summed E-state index contributed by atoms with van der Waals surface area (Å²) in [6, 6.07) is 7.45. The molecule has 150 valence electrons. The lowest BCUT2D eigenvalue weighted by Crippen LogP contribution is -2.46. The van der Waals surface area contributed by atoms with Crippen molar-refractivity contribution in [3.05, 3.63) is 29.8 Å². The normalized spacial score (nSPS) is 15.2. The maximum absolute atomic E-state index is 12.0. The highest BCUT2D eigenvalue weighted by Crippen LogP contribution is 2.30. The van der Waals surface area contributed by atoms with Gasteiger partial charge in [0.15, 0.2) is 18.1 Å². The summed E-state index contributed by atoms with van der Waals surface area (Å²) >= 11 is 0. The number of hydrogen-bond donors (Lipinski definition) is 1. The van der Waals surface area contributed by atoms with Crippen LogP contribution in [-0.2, 0) is 14.3 Å². The number of hydrogen-bond acceptors (Lipinski definition) is 6. The number of nitrogens with zero attached hydrogens (tertiary/aromatic N) is 1. The highest BCUT2D eigenvalue weighted by molar-refractivity contribution is 5.89. The lowest BCUT2D eigenvalue weighted by molar-refractivity contribution is -0.144. The maximum Gasteiger partial charge on any atom is 0.331 e. The molecule has 2 rings (SSSR count). The lowest BCUT2D eigenvalue weighted by Gasteiger charge is -2.21. The van der Waals surface area contributed by atoms with Crippen LogP contribution in [0.4, 0.5) is 0 Å². The van der Waals surface area contributed by atoms with Gasteiger partial charge in [0.25, 0.3) is 5.91 Å². The molecule has 0 saturated heterocycles. The Morgan fingerprint density at radius 3 is 2.61 bits per heavy atom. The van der Waals surface area contributed by atoms with Crippen LogP contribution < -0.4 is 14.8 Å². The third-order valence-corrected chi connectivity index (χ3v) is 4.36. The van der Waals surface area contributed by atoms with E-state index in [0.717, 1.165) is 18.4 Å². The summed E-state index contributed by atoms with van der Waals surface area (Å²) in [6.45, 7) is 3.42. The molecule has 1 aliphatic rings. The standard InChI is InChI=1S/C21H26N2O5/c1-15(2)28-17-8-6-16(12-18(17)26-3)7-9-20(25)27-13-19(24)23-21(14-22)10-4-5-11-21/h6-9,12,15H,4-5,10-11,13H2,1-3H3,(H,23,24)/b9-7+. The Hall–Kier alpha value is -3.01. The molecule has 0 spiro atoms. The minimum absolute atomic E-state index is 0.0146. The molecule has 0 atom stereocenters. The number of benzene rings is 1. The molecular weight excluding hydrogens is 360 g/mol. The monoisotopic (exact) mass is 386 g/mol. The van der Waals surface area contributed by atoms with Gasteiger partial charge >= 0.3 is 5.97 Å². The molecule has 28 heavy (non-hydrogen) atoms. The van der Waals surface area contributed by atoms with Crippen LogP contribution >= 0.6 is 0 Å². The van der Waals surface area contributed by atoms with Gasteiger partial charge in [-0.15, -0.1) is 0 Å². The summed E-state index contributed by atoms with van der Waals surface area (Å²) < 4.78 is 15.9. The van der Waals surface area contributed by atoms with Crippen LogP contribution in [0.25, 0.3) is 6.08 Å². The van der Waals surface area contributed by atoms with Crippen molar-refractivity contribution in [1.82, 2.24) is 5.32 Å². The van der Waals surface area contributed by atoms with Gasteiger partial charge < -0.3 is 19.5 Å². The second-order valence-corrected chi connectivity index (χ2v) is 6.97. The first-order chi connectivity index (χ1) is 13.4. The van der Waals surface area contributed by atoms with Gasteiger partial charge in [-0.05, 0) is 63.3 Å². The highest BCUT2D eigenvalue weighted by atomic mass is 16.5. The van der Waals surface area contributed by atoms with Crippen LogP contribution in [0.3, 0.4) is 0 Å². The maximum atomic E-state index is 12.0. The second-order valence-electron chi connectivity index (χ2n) is 6.97. The van der Waals surface area contributed by atoms with Crippen molar-refractivity contribution < 1.29 is 23.8 Å². The summed E-state index contributed by atoms with van der Waals surface area (Å²) in [5, 5.41) is 11.9. The zero-order valence-corrected chi connectivity index (χ0v) is 16.5. The Labute approximate surface area is 165 Å². The van der Waals surface area contributed by atoms with Crippen LogP contribution in [0.5, 0.6) is 11.5 Å². The molecule has 0 bridgehead atoms. The lowest BCUT2D eigenvalue weighted by atomic mass is 10.00. The van der Waals surface area contributed by atoms with E-state index in [9.17, 15) is 14.9 Å². The number of carbonyl (C=O) groups is 2. The van der Waals surface area contributed by atoms with Crippen LogP contribution in [-0.4, -0.2) is 37.2 Å². The zero-order valence-electron chi connectivity index (χ0n) is 16.5. The second kappa shape index (κ2) is 9.79. The van der Waals surface area contributed by atoms with Crippen LogP contribution in [0.15, 0.2) is 24.3 Å². The predicted molar refractivity (Wildman–Crippen MR) is 104 cm³/mol. The Morgan fingerprint density at radius 2 is 2.00 bits per heavy atom. The molecule has 0 radical (unpaired) electrons. The molecule has 0 heterocycles. The molecule has 1 aromatic rings. The van der Waals surface area contributed by atoms with Gasteiger partial charge in [0, 0.05) is 6.08 Å². The van der Waals surface area contributed by atoms with E-state index < -0.39 is 24.0 Å². The number of ether oxygens (including phenoxy) is 3. The van der Waals surface area contributed by atoms with E-state index in [0.29, 0.717) is 24.3 Å². The third kappa shape index (κ3) is 6.02. The van der Waals surface area contributed by atoms with Crippen molar-refractivity contribution >= 4 is 18.0 Å². The fraction of sp³-hybridized carbons (Fsp3) is 0.476. The highest BCUT2D eigenvalue weighted by Gasteiger charge is 2.35. The topological polar surface area (TPSA) is 97.6 Å². The molecule has 7 heteroatoms. The molecule has 1 aromatic carbocycles. The molecule has 1 amide bonds. The van der Waals surface area contributed by atoms with Crippen molar-refractivity contribution in [1.29, 1.82) is 5.26 Å². The number of nitriles is 1. The Morgan fingerprint density at radius 1 is 1.29 bits per heavy atom. The van der Waals surface area contributed by atoms with Gasteiger partial charge in [-0.2, -0.15) is 5.26 Å². The van der Waals surface area contributed by atoms with E-state index in [1.165, 1.54) is 6.08 Å². The molecule has 0 aromatic heterocycles.